The Kier molecular flexibility index (Phi) is 3.35. The normalized spacial score (nSPS) is 25.6. The number of benzene rings is 1. The Morgan fingerprint density at radius 3 is 2.81 bits per heavy atom. The van der Waals surface area contributed by atoms with Crippen LogP contribution in [-0.4, -0.2) is 23.3 Å². The van der Waals surface area contributed by atoms with Crippen molar-refractivity contribution in [1.82, 2.24) is 10.1 Å². The maximum atomic E-state index is 5.63. The second kappa shape index (κ2) is 5.48. The quantitative estimate of drug-likeness (QED) is 0.866. The van der Waals surface area contributed by atoms with Gasteiger partial charge in [-0.05, 0) is 37.8 Å². The predicted molar refractivity (Wildman–Crippen MR) is 78.0 cm³/mol. The van der Waals surface area contributed by atoms with Crippen LogP contribution < -0.4 is 4.90 Å². The Bertz CT molecular complexity index is 593. The minimum absolute atomic E-state index is 0.0223. The van der Waals surface area contributed by atoms with E-state index in [-0.39, 0.29) is 12.1 Å². The Hall–Kier alpha value is -1.88. The molecule has 5 nitrogen and oxygen atoms in total. The molecule has 0 spiro atoms. The van der Waals surface area contributed by atoms with Crippen molar-refractivity contribution < 1.29 is 9.26 Å². The van der Waals surface area contributed by atoms with Crippen LogP contribution in [0.1, 0.15) is 49.5 Å². The summed E-state index contributed by atoms with van der Waals surface area (Å²) in [6, 6.07) is 10.6. The number of aromatic nitrogens is 2. The SMILES string of the molecule is c1ccc(N2CCC[C@@H]2c2nc([C@@H]3CCCO3)no2)cc1. The summed E-state index contributed by atoms with van der Waals surface area (Å²) < 4.78 is 11.2. The minimum atomic E-state index is 0.0223. The molecule has 0 aliphatic carbocycles. The summed E-state index contributed by atoms with van der Waals surface area (Å²) in [6.07, 6.45) is 4.30. The number of hydrogen-bond acceptors (Lipinski definition) is 5. The number of para-hydroxylation sites is 1. The van der Waals surface area contributed by atoms with Gasteiger partial charge in [-0.2, -0.15) is 4.98 Å². The molecule has 4 rings (SSSR count). The van der Waals surface area contributed by atoms with Gasteiger partial charge in [0.15, 0.2) is 0 Å². The first-order valence-electron chi connectivity index (χ1n) is 7.68. The smallest absolute Gasteiger partial charge is 0.249 e. The zero-order valence-electron chi connectivity index (χ0n) is 11.9. The van der Waals surface area contributed by atoms with Gasteiger partial charge >= 0.3 is 0 Å². The molecule has 2 atom stereocenters. The number of ether oxygens (including phenoxy) is 1. The van der Waals surface area contributed by atoms with Gasteiger partial charge in [-0.25, -0.2) is 0 Å². The van der Waals surface area contributed by atoms with Crippen molar-refractivity contribution in [2.75, 3.05) is 18.1 Å². The van der Waals surface area contributed by atoms with Gasteiger partial charge in [-0.1, -0.05) is 23.4 Å². The van der Waals surface area contributed by atoms with Crippen LogP contribution >= 0.6 is 0 Å². The average molecular weight is 285 g/mol. The highest BCUT2D eigenvalue weighted by Crippen LogP contribution is 2.36. The van der Waals surface area contributed by atoms with Crippen LogP contribution in [0.25, 0.3) is 0 Å². The first kappa shape index (κ1) is 12.8. The summed E-state index contributed by atoms with van der Waals surface area (Å²) in [5, 5.41) is 4.13. The fourth-order valence-corrected chi connectivity index (χ4v) is 3.25. The fourth-order valence-electron chi connectivity index (χ4n) is 3.25. The lowest BCUT2D eigenvalue weighted by molar-refractivity contribution is 0.103. The van der Waals surface area contributed by atoms with Crippen molar-refractivity contribution in [3.63, 3.8) is 0 Å². The molecular weight excluding hydrogens is 266 g/mol. The molecule has 0 saturated carbocycles. The molecule has 21 heavy (non-hydrogen) atoms. The standard InChI is InChI=1S/C16H19N3O2/c1-2-6-12(7-3-1)19-10-4-8-13(19)16-17-15(18-21-16)14-9-5-11-20-14/h1-3,6-7,13-14H,4-5,8-11H2/t13-,14+/m1/s1. The van der Waals surface area contributed by atoms with Crippen molar-refractivity contribution in [2.45, 2.75) is 37.8 Å². The average Bonchev–Trinajstić information content (AvgIpc) is 3.27. The van der Waals surface area contributed by atoms with Crippen molar-refractivity contribution in [3.05, 3.63) is 42.0 Å². The summed E-state index contributed by atoms with van der Waals surface area (Å²) in [6.45, 7) is 1.83. The van der Waals surface area contributed by atoms with E-state index < -0.39 is 0 Å². The van der Waals surface area contributed by atoms with Crippen LogP contribution in [0.4, 0.5) is 5.69 Å². The highest BCUT2D eigenvalue weighted by Gasteiger charge is 2.32. The number of rotatable bonds is 3. The molecule has 0 bridgehead atoms. The lowest BCUT2D eigenvalue weighted by atomic mass is 10.2. The van der Waals surface area contributed by atoms with E-state index in [1.54, 1.807) is 0 Å². The number of anilines is 1. The Morgan fingerprint density at radius 1 is 1.10 bits per heavy atom. The zero-order valence-corrected chi connectivity index (χ0v) is 11.9. The highest BCUT2D eigenvalue weighted by atomic mass is 16.5. The molecular formula is C16H19N3O2. The molecule has 2 aliphatic rings. The Labute approximate surface area is 123 Å². The van der Waals surface area contributed by atoms with Crippen molar-refractivity contribution in [3.8, 4) is 0 Å². The predicted octanol–water partition coefficient (Wildman–Crippen LogP) is 3.26. The van der Waals surface area contributed by atoms with Gasteiger partial charge in [0, 0.05) is 18.8 Å². The van der Waals surface area contributed by atoms with Crippen LogP contribution in [0.5, 0.6) is 0 Å². The monoisotopic (exact) mass is 285 g/mol. The summed E-state index contributed by atoms with van der Waals surface area (Å²) in [5.41, 5.74) is 1.22. The first-order valence-corrected chi connectivity index (χ1v) is 7.68. The maximum absolute atomic E-state index is 5.63. The van der Waals surface area contributed by atoms with Crippen molar-refractivity contribution in [2.24, 2.45) is 0 Å². The second-order valence-corrected chi connectivity index (χ2v) is 5.68. The van der Waals surface area contributed by atoms with Crippen LogP contribution in [-0.2, 0) is 4.74 Å². The van der Waals surface area contributed by atoms with E-state index >= 15 is 0 Å². The largest absolute Gasteiger partial charge is 0.370 e. The van der Waals surface area contributed by atoms with Crippen molar-refractivity contribution >= 4 is 5.69 Å². The molecule has 0 radical (unpaired) electrons. The van der Waals surface area contributed by atoms with E-state index in [9.17, 15) is 0 Å². The summed E-state index contributed by atoms with van der Waals surface area (Å²) in [4.78, 5) is 6.96. The van der Waals surface area contributed by atoms with Crippen molar-refractivity contribution in [1.29, 1.82) is 0 Å². The number of nitrogens with zero attached hydrogens (tertiary/aromatic N) is 3. The highest BCUT2D eigenvalue weighted by molar-refractivity contribution is 5.48. The second-order valence-electron chi connectivity index (χ2n) is 5.68. The zero-order chi connectivity index (χ0) is 14.1. The van der Waals surface area contributed by atoms with Gasteiger partial charge < -0.3 is 14.2 Å². The molecule has 3 heterocycles. The third-order valence-electron chi connectivity index (χ3n) is 4.30. The van der Waals surface area contributed by atoms with Gasteiger partial charge in [0.2, 0.25) is 11.7 Å². The molecule has 2 aromatic rings. The molecule has 0 amide bonds. The molecule has 2 aliphatic heterocycles. The molecule has 5 heteroatoms. The lowest BCUT2D eigenvalue weighted by Gasteiger charge is -2.23. The van der Waals surface area contributed by atoms with E-state index in [4.69, 9.17) is 9.26 Å². The van der Waals surface area contributed by atoms with Gasteiger partial charge in [-0.15, -0.1) is 0 Å². The van der Waals surface area contributed by atoms with Crippen LogP contribution in [0.2, 0.25) is 0 Å². The Balaban J connectivity index is 1.57. The van der Waals surface area contributed by atoms with E-state index in [0.717, 1.165) is 44.7 Å². The number of hydrogen-bond donors (Lipinski definition) is 0. The molecule has 1 aromatic carbocycles. The molecule has 110 valence electrons. The molecule has 0 N–H and O–H groups in total. The third kappa shape index (κ3) is 2.42. The van der Waals surface area contributed by atoms with E-state index in [0.29, 0.717) is 5.82 Å². The van der Waals surface area contributed by atoms with E-state index in [1.165, 1.54) is 5.69 Å². The van der Waals surface area contributed by atoms with E-state index in [1.807, 2.05) is 6.07 Å². The van der Waals surface area contributed by atoms with Crippen LogP contribution in [0, 0.1) is 0 Å². The van der Waals surface area contributed by atoms with E-state index in [2.05, 4.69) is 39.3 Å². The molecule has 2 fully saturated rings. The van der Waals surface area contributed by atoms with Crippen LogP contribution in [0.3, 0.4) is 0 Å². The lowest BCUT2D eigenvalue weighted by Crippen LogP contribution is -2.22. The fraction of sp³-hybridized carbons (Fsp3) is 0.500. The topological polar surface area (TPSA) is 51.4 Å². The minimum Gasteiger partial charge on any atom is -0.370 e. The van der Waals surface area contributed by atoms with Gasteiger partial charge in [0.05, 0.1) is 0 Å². The van der Waals surface area contributed by atoms with Gasteiger partial charge in [0.25, 0.3) is 0 Å². The first-order chi connectivity index (χ1) is 10.4. The summed E-state index contributed by atoms with van der Waals surface area (Å²) in [5.74, 6) is 1.43. The Morgan fingerprint density at radius 2 is 2.00 bits per heavy atom. The molecule has 0 unspecified atom stereocenters. The maximum Gasteiger partial charge on any atom is 0.249 e. The molecule has 2 saturated heterocycles. The summed E-state index contributed by atoms with van der Waals surface area (Å²) in [7, 11) is 0. The third-order valence-corrected chi connectivity index (χ3v) is 4.30. The van der Waals surface area contributed by atoms with Crippen LogP contribution in [0.15, 0.2) is 34.9 Å². The van der Waals surface area contributed by atoms with Gasteiger partial charge in [-0.3, -0.25) is 0 Å². The summed E-state index contributed by atoms with van der Waals surface area (Å²) >= 11 is 0. The van der Waals surface area contributed by atoms with Gasteiger partial charge in [0.1, 0.15) is 12.1 Å². The molecule has 1 aromatic heterocycles.